The Balaban J connectivity index is 1.58. The number of hydrogen-bond acceptors (Lipinski definition) is 2. The number of hydrogen-bond donors (Lipinski definition) is 1. The number of likely N-dealkylation sites (tertiary alicyclic amines) is 1. The van der Waals surface area contributed by atoms with E-state index >= 15 is 0 Å². The highest BCUT2D eigenvalue weighted by atomic mass is 35.5. The minimum Gasteiger partial charge on any atom is -0.384 e. The topological polar surface area (TPSA) is 36.9 Å². The van der Waals surface area contributed by atoms with Crippen molar-refractivity contribution in [1.29, 1.82) is 0 Å². The molecule has 1 aromatic carbocycles. The van der Waals surface area contributed by atoms with Crippen LogP contribution in [0.1, 0.15) is 31.2 Å². The third-order valence-electron chi connectivity index (χ3n) is 4.68. The lowest BCUT2D eigenvalue weighted by Gasteiger charge is -2.22. The molecule has 1 saturated heterocycles. The highest BCUT2D eigenvalue weighted by Crippen LogP contribution is 2.41. The molecule has 0 aromatic heterocycles. The Kier molecular flexibility index (Phi) is 5.44. The number of benzene rings is 1. The highest BCUT2D eigenvalue weighted by molar-refractivity contribution is 6.30. The molecule has 0 bridgehead atoms. The number of guanidine groups is 1. The van der Waals surface area contributed by atoms with Gasteiger partial charge in [-0.3, -0.25) is 4.99 Å². The Labute approximate surface area is 143 Å². The molecule has 1 N–H and O–H groups in total. The van der Waals surface area contributed by atoms with Gasteiger partial charge in [-0.05, 0) is 37.5 Å². The predicted molar refractivity (Wildman–Crippen MR) is 95.3 cm³/mol. The maximum absolute atomic E-state index is 6.11. The Bertz CT molecular complexity index is 563. The van der Waals surface area contributed by atoms with E-state index in [1.807, 2.05) is 12.1 Å². The first-order valence-corrected chi connectivity index (χ1v) is 8.89. The fourth-order valence-corrected chi connectivity index (χ4v) is 3.61. The Morgan fingerprint density at radius 2 is 2.35 bits per heavy atom. The van der Waals surface area contributed by atoms with E-state index in [0.717, 1.165) is 43.6 Å². The van der Waals surface area contributed by atoms with Gasteiger partial charge in [-0.25, -0.2) is 0 Å². The van der Waals surface area contributed by atoms with Crippen LogP contribution in [0, 0.1) is 5.92 Å². The maximum Gasteiger partial charge on any atom is 0.194 e. The normalized spacial score (nSPS) is 27.3. The molecule has 1 aliphatic heterocycles. The molecule has 0 amide bonds. The monoisotopic (exact) mass is 335 g/mol. The molecule has 1 saturated carbocycles. The Morgan fingerprint density at radius 1 is 1.48 bits per heavy atom. The Hall–Kier alpha value is -1.26. The average molecular weight is 336 g/mol. The van der Waals surface area contributed by atoms with Crippen LogP contribution in [0.4, 0.5) is 0 Å². The lowest BCUT2D eigenvalue weighted by atomic mass is 10.1. The largest absolute Gasteiger partial charge is 0.384 e. The van der Waals surface area contributed by atoms with Crippen molar-refractivity contribution in [3.05, 3.63) is 34.9 Å². The van der Waals surface area contributed by atoms with Crippen LogP contribution in [0.2, 0.25) is 5.02 Å². The van der Waals surface area contributed by atoms with Gasteiger partial charge in [0, 0.05) is 49.6 Å². The molecule has 2 fully saturated rings. The molecule has 1 aromatic rings. The van der Waals surface area contributed by atoms with E-state index < -0.39 is 0 Å². The van der Waals surface area contributed by atoms with Gasteiger partial charge in [0.1, 0.15) is 0 Å². The van der Waals surface area contributed by atoms with Crippen LogP contribution in [0.25, 0.3) is 0 Å². The summed E-state index contributed by atoms with van der Waals surface area (Å²) in [6.45, 7) is 5.83. The second-order valence-electron chi connectivity index (χ2n) is 6.50. The Morgan fingerprint density at radius 3 is 3.09 bits per heavy atom. The number of nitrogens with zero attached hydrogens (tertiary/aromatic N) is 2. The van der Waals surface area contributed by atoms with Crippen LogP contribution in [-0.2, 0) is 4.74 Å². The molecule has 3 unspecified atom stereocenters. The number of nitrogens with one attached hydrogen (secondary N) is 1. The molecule has 5 heteroatoms. The van der Waals surface area contributed by atoms with E-state index in [0.29, 0.717) is 17.9 Å². The summed E-state index contributed by atoms with van der Waals surface area (Å²) in [4.78, 5) is 7.07. The summed E-state index contributed by atoms with van der Waals surface area (Å²) in [5.41, 5.74) is 1.32. The zero-order valence-corrected chi connectivity index (χ0v) is 14.7. The van der Waals surface area contributed by atoms with E-state index in [1.54, 1.807) is 7.11 Å². The van der Waals surface area contributed by atoms with Crippen molar-refractivity contribution in [2.75, 3.05) is 33.4 Å². The highest BCUT2D eigenvalue weighted by Gasteiger charge is 2.40. The maximum atomic E-state index is 6.11. The number of ether oxygens (including phenoxy) is 1. The van der Waals surface area contributed by atoms with Crippen LogP contribution >= 0.6 is 11.6 Å². The van der Waals surface area contributed by atoms with Crippen molar-refractivity contribution in [1.82, 2.24) is 10.2 Å². The van der Waals surface area contributed by atoms with Crippen molar-refractivity contribution in [3.8, 4) is 0 Å². The van der Waals surface area contributed by atoms with Gasteiger partial charge < -0.3 is 15.0 Å². The quantitative estimate of drug-likeness (QED) is 0.663. The number of methoxy groups -OCH3 is 1. The molecule has 2 aliphatic rings. The summed E-state index contributed by atoms with van der Waals surface area (Å²) in [5, 5.41) is 4.47. The van der Waals surface area contributed by atoms with Gasteiger partial charge in [0.25, 0.3) is 0 Å². The first-order valence-electron chi connectivity index (χ1n) is 8.51. The third-order valence-corrected chi connectivity index (χ3v) is 4.91. The molecule has 23 heavy (non-hydrogen) atoms. The molecule has 0 radical (unpaired) electrons. The van der Waals surface area contributed by atoms with E-state index in [-0.39, 0.29) is 0 Å². The number of rotatable bonds is 5. The number of halogens is 1. The fourth-order valence-electron chi connectivity index (χ4n) is 3.41. The standard InChI is InChI=1S/C18H26ClN3O/c1-3-20-18(22-8-7-13(11-22)12-23-2)21-17-10-16(17)14-5-4-6-15(19)9-14/h4-6,9,13,16-17H,3,7-8,10-12H2,1-2H3,(H,20,21). The smallest absolute Gasteiger partial charge is 0.194 e. The average Bonchev–Trinajstić information content (AvgIpc) is 3.15. The molecule has 3 atom stereocenters. The lowest BCUT2D eigenvalue weighted by Crippen LogP contribution is -2.42. The van der Waals surface area contributed by atoms with Crippen molar-refractivity contribution < 1.29 is 4.74 Å². The van der Waals surface area contributed by atoms with Crippen molar-refractivity contribution in [2.45, 2.75) is 31.7 Å². The molecular weight excluding hydrogens is 310 g/mol. The molecular formula is C18H26ClN3O. The van der Waals surface area contributed by atoms with Crippen LogP contribution in [-0.4, -0.2) is 50.3 Å². The van der Waals surface area contributed by atoms with Crippen molar-refractivity contribution in [3.63, 3.8) is 0 Å². The zero-order chi connectivity index (χ0) is 16.2. The second-order valence-corrected chi connectivity index (χ2v) is 6.94. The molecule has 1 heterocycles. The zero-order valence-electron chi connectivity index (χ0n) is 14.0. The van der Waals surface area contributed by atoms with E-state index in [2.05, 4.69) is 29.3 Å². The van der Waals surface area contributed by atoms with Crippen LogP contribution in [0.15, 0.2) is 29.3 Å². The molecule has 4 nitrogen and oxygen atoms in total. The van der Waals surface area contributed by atoms with E-state index in [9.17, 15) is 0 Å². The van der Waals surface area contributed by atoms with Gasteiger partial charge in [0.15, 0.2) is 5.96 Å². The van der Waals surface area contributed by atoms with Gasteiger partial charge in [0.05, 0.1) is 6.61 Å². The second kappa shape index (κ2) is 7.54. The summed E-state index contributed by atoms with van der Waals surface area (Å²) in [6.07, 6.45) is 2.33. The van der Waals surface area contributed by atoms with Gasteiger partial charge in [-0.15, -0.1) is 0 Å². The molecule has 126 valence electrons. The first-order chi connectivity index (χ1) is 11.2. The minimum atomic E-state index is 0.472. The van der Waals surface area contributed by atoms with Crippen molar-refractivity contribution in [2.24, 2.45) is 10.9 Å². The molecule has 0 spiro atoms. The predicted octanol–water partition coefficient (Wildman–Crippen LogP) is 3.13. The molecule has 3 rings (SSSR count). The van der Waals surface area contributed by atoms with E-state index in [4.69, 9.17) is 21.3 Å². The van der Waals surface area contributed by atoms with Gasteiger partial charge >= 0.3 is 0 Å². The summed E-state index contributed by atoms with van der Waals surface area (Å²) < 4.78 is 5.29. The fraction of sp³-hybridized carbons (Fsp3) is 0.611. The first kappa shape index (κ1) is 16.6. The molecule has 1 aliphatic carbocycles. The number of aliphatic imine (C=N–C) groups is 1. The van der Waals surface area contributed by atoms with E-state index in [1.165, 1.54) is 12.0 Å². The van der Waals surface area contributed by atoms with Crippen molar-refractivity contribution >= 4 is 17.6 Å². The summed E-state index contributed by atoms with van der Waals surface area (Å²) in [7, 11) is 1.78. The van der Waals surface area contributed by atoms with Crippen LogP contribution in [0.5, 0.6) is 0 Å². The minimum absolute atomic E-state index is 0.472. The summed E-state index contributed by atoms with van der Waals surface area (Å²) >= 11 is 6.11. The SMILES string of the molecule is CCN=C(NC1CC1c1cccc(Cl)c1)N1CCC(COC)C1. The van der Waals surface area contributed by atoms with Crippen LogP contribution < -0.4 is 5.32 Å². The van der Waals surface area contributed by atoms with Gasteiger partial charge in [-0.2, -0.15) is 0 Å². The van der Waals surface area contributed by atoms with Crippen LogP contribution in [0.3, 0.4) is 0 Å². The third kappa shape index (κ3) is 4.18. The lowest BCUT2D eigenvalue weighted by molar-refractivity contribution is 0.157. The summed E-state index contributed by atoms with van der Waals surface area (Å²) in [6, 6.07) is 8.68. The van der Waals surface area contributed by atoms with Gasteiger partial charge in [0.2, 0.25) is 0 Å². The summed E-state index contributed by atoms with van der Waals surface area (Å²) in [5.74, 6) is 2.22. The van der Waals surface area contributed by atoms with Gasteiger partial charge in [-0.1, -0.05) is 23.7 Å².